The molecule has 0 aliphatic carbocycles. The summed E-state index contributed by atoms with van der Waals surface area (Å²) in [6.45, 7) is 20.3. The first-order chi connectivity index (χ1) is 20.6. The van der Waals surface area contributed by atoms with Gasteiger partial charge in [-0.05, 0) is 10.8 Å². The Labute approximate surface area is 280 Å². The summed E-state index contributed by atoms with van der Waals surface area (Å²) in [5.74, 6) is 0. The SMILES string of the molecule is CC(C)(C)c1cc[cH-]c1.CC(C)(C)c1ccc2c(c1)[cH-]c1cc(C(C)(C)C)ccc12.[Hf+2]=[C](c1ccccc1)c1ccccc1. The zero-order chi connectivity index (χ0) is 32.1. The Balaban J connectivity index is 0.000000165. The van der Waals surface area contributed by atoms with Crippen molar-refractivity contribution in [1.82, 2.24) is 0 Å². The molecule has 0 radical (unpaired) electrons. The van der Waals surface area contributed by atoms with Crippen LogP contribution >= 0.6 is 0 Å². The van der Waals surface area contributed by atoms with Gasteiger partial charge in [0.1, 0.15) is 0 Å². The van der Waals surface area contributed by atoms with E-state index in [1.54, 1.807) is 0 Å². The fourth-order valence-electron chi connectivity index (χ4n) is 5.21. The van der Waals surface area contributed by atoms with Gasteiger partial charge in [0.15, 0.2) is 0 Å². The van der Waals surface area contributed by atoms with Gasteiger partial charge in [-0.25, -0.2) is 6.07 Å². The van der Waals surface area contributed by atoms with E-state index in [4.69, 9.17) is 0 Å². The second-order valence-corrected chi connectivity index (χ2v) is 16.6. The molecule has 0 N–H and O–H groups in total. The van der Waals surface area contributed by atoms with Crippen molar-refractivity contribution in [3.8, 4) is 0 Å². The Morgan fingerprint density at radius 1 is 0.500 bits per heavy atom. The molecule has 0 atom stereocenters. The third-order valence-electron chi connectivity index (χ3n) is 8.09. The van der Waals surface area contributed by atoms with E-state index in [9.17, 15) is 0 Å². The fraction of sp³-hybridized carbons (Fsp3) is 0.279. The van der Waals surface area contributed by atoms with Crippen molar-refractivity contribution < 1.29 is 23.9 Å². The fourth-order valence-corrected chi connectivity index (χ4v) is 6.40. The Morgan fingerprint density at radius 2 is 0.909 bits per heavy atom. The van der Waals surface area contributed by atoms with E-state index < -0.39 is 0 Å². The molecule has 0 nitrogen and oxygen atoms in total. The molecular weight excluding hydrogens is 695 g/mol. The van der Waals surface area contributed by atoms with Crippen LogP contribution in [0.5, 0.6) is 0 Å². The second-order valence-electron chi connectivity index (χ2n) is 14.8. The molecule has 6 aromatic carbocycles. The molecule has 0 bridgehead atoms. The van der Waals surface area contributed by atoms with Crippen LogP contribution in [0.25, 0.3) is 21.5 Å². The van der Waals surface area contributed by atoms with Crippen LogP contribution in [0.2, 0.25) is 0 Å². The summed E-state index contributed by atoms with van der Waals surface area (Å²) in [6.07, 6.45) is 0. The summed E-state index contributed by atoms with van der Waals surface area (Å²) in [7, 11) is 0. The van der Waals surface area contributed by atoms with E-state index in [0.717, 1.165) is 23.9 Å². The van der Waals surface area contributed by atoms with E-state index in [0.29, 0.717) is 5.41 Å². The van der Waals surface area contributed by atoms with Gasteiger partial charge in [0, 0.05) is 0 Å². The van der Waals surface area contributed by atoms with Gasteiger partial charge < -0.3 is 0 Å². The van der Waals surface area contributed by atoms with Crippen LogP contribution in [-0.4, -0.2) is 3.26 Å². The Hall–Kier alpha value is -3.16. The molecule has 1 heteroatoms. The molecule has 224 valence electrons. The monoisotopic (exact) mass is 744 g/mol. The first-order valence-corrected chi connectivity index (χ1v) is 17.5. The average Bonchev–Trinajstić information content (AvgIpc) is 3.66. The van der Waals surface area contributed by atoms with Gasteiger partial charge in [-0.2, -0.15) is 23.8 Å². The van der Waals surface area contributed by atoms with Crippen molar-refractivity contribution in [1.29, 1.82) is 0 Å². The molecule has 44 heavy (non-hydrogen) atoms. The minimum absolute atomic E-state index is 0.203. The normalized spacial score (nSPS) is 11.9. The standard InChI is InChI=1S/C21H25.C13H10.C9H13.Hf/c1-20(2,3)16-7-9-18-14(12-16)11-15-13-17(21(4,5)6)8-10-19(15)18;1-3-7-12(8-4-1)11-13-9-5-2-6-10-13;1-9(2,3)8-6-4-5-7-8;/h7-13H,1-6H3;1-10H;4-7H,1-3H3;/q-1;;-1;+2. The molecule has 0 aliphatic rings. The van der Waals surface area contributed by atoms with E-state index in [1.165, 1.54) is 52.6 Å². The summed E-state index contributed by atoms with van der Waals surface area (Å²) < 4.78 is 1.46. The quantitative estimate of drug-likeness (QED) is 0.122. The summed E-state index contributed by atoms with van der Waals surface area (Å²) in [6, 6.07) is 45.9. The average molecular weight is 743 g/mol. The summed E-state index contributed by atoms with van der Waals surface area (Å²) in [5.41, 5.74) is 7.66. The summed E-state index contributed by atoms with van der Waals surface area (Å²) >= 11 is 1.08. The van der Waals surface area contributed by atoms with Crippen LogP contribution in [0, 0.1) is 0 Å². The van der Waals surface area contributed by atoms with Crippen molar-refractivity contribution >= 4 is 24.8 Å². The molecule has 0 amide bonds. The van der Waals surface area contributed by atoms with Crippen LogP contribution in [0.1, 0.15) is 90.1 Å². The number of hydrogen-bond acceptors (Lipinski definition) is 0. The second kappa shape index (κ2) is 13.9. The molecular formula is C43H48Hf. The zero-order valence-electron chi connectivity index (χ0n) is 28.1. The van der Waals surface area contributed by atoms with Crippen LogP contribution < -0.4 is 0 Å². The molecule has 6 rings (SSSR count). The third-order valence-corrected chi connectivity index (χ3v) is 10.2. The van der Waals surface area contributed by atoms with Gasteiger partial charge in [0.2, 0.25) is 0 Å². The van der Waals surface area contributed by atoms with Gasteiger partial charge >= 0.3 is 98.9 Å². The van der Waals surface area contributed by atoms with Crippen LogP contribution in [0.15, 0.2) is 127 Å². The predicted octanol–water partition coefficient (Wildman–Crippen LogP) is 11.8. The third kappa shape index (κ3) is 8.72. The van der Waals surface area contributed by atoms with Gasteiger partial charge in [-0.15, -0.1) is 39.7 Å². The molecule has 0 saturated heterocycles. The van der Waals surface area contributed by atoms with Gasteiger partial charge in [-0.3, -0.25) is 0 Å². The Bertz CT molecular complexity index is 1670. The molecule has 0 saturated carbocycles. The topological polar surface area (TPSA) is 0 Å². The Morgan fingerprint density at radius 3 is 1.23 bits per heavy atom. The molecule has 0 heterocycles. The minimum atomic E-state index is 0.203. The van der Waals surface area contributed by atoms with Crippen molar-refractivity contribution in [2.45, 2.75) is 78.6 Å². The van der Waals surface area contributed by atoms with E-state index >= 15 is 0 Å². The molecule has 6 aromatic rings. The number of fused-ring (bicyclic) bond motifs is 3. The van der Waals surface area contributed by atoms with Crippen LogP contribution in [0.3, 0.4) is 0 Å². The first kappa shape index (κ1) is 33.7. The van der Waals surface area contributed by atoms with Crippen molar-refractivity contribution in [3.05, 3.63) is 155 Å². The van der Waals surface area contributed by atoms with Gasteiger partial charge in [0.25, 0.3) is 0 Å². The molecule has 0 unspecified atom stereocenters. The van der Waals surface area contributed by atoms with E-state index in [-0.39, 0.29) is 10.8 Å². The van der Waals surface area contributed by atoms with Crippen molar-refractivity contribution in [2.75, 3.05) is 0 Å². The Kier molecular flexibility index (Phi) is 10.6. The van der Waals surface area contributed by atoms with Crippen molar-refractivity contribution in [3.63, 3.8) is 0 Å². The zero-order valence-corrected chi connectivity index (χ0v) is 31.7. The number of rotatable bonds is 2. The molecule has 0 spiro atoms. The maximum atomic E-state index is 2.35. The van der Waals surface area contributed by atoms with Crippen LogP contribution in [-0.2, 0) is 40.1 Å². The van der Waals surface area contributed by atoms with Crippen LogP contribution in [0.4, 0.5) is 0 Å². The number of hydrogen-bond donors (Lipinski definition) is 0. The van der Waals surface area contributed by atoms with Gasteiger partial charge in [-0.1, -0.05) is 103 Å². The predicted molar refractivity (Wildman–Crippen MR) is 191 cm³/mol. The van der Waals surface area contributed by atoms with Crippen molar-refractivity contribution in [2.24, 2.45) is 0 Å². The first-order valence-electron chi connectivity index (χ1n) is 15.7. The molecule has 0 aromatic heterocycles. The van der Waals surface area contributed by atoms with Gasteiger partial charge in [0.05, 0.1) is 0 Å². The molecule has 0 aliphatic heterocycles. The van der Waals surface area contributed by atoms with E-state index in [1.807, 2.05) is 0 Å². The number of benzene rings is 4. The maximum absolute atomic E-state index is 2.35. The van der Waals surface area contributed by atoms with E-state index in [2.05, 4.69) is 190 Å². The summed E-state index contributed by atoms with van der Waals surface area (Å²) in [4.78, 5) is 0. The molecule has 0 fully saturated rings. The summed E-state index contributed by atoms with van der Waals surface area (Å²) in [5, 5.41) is 5.48.